The van der Waals surface area contributed by atoms with Crippen LogP contribution in [-0.2, 0) is 14.6 Å². The van der Waals surface area contributed by atoms with E-state index in [1.54, 1.807) is 32.2 Å². The Balaban J connectivity index is 2.80. The molecular formula is C14H21ClN2O4S. The van der Waals surface area contributed by atoms with Gasteiger partial charge in [-0.3, -0.25) is 4.79 Å². The van der Waals surface area contributed by atoms with Gasteiger partial charge in [0.25, 0.3) is 0 Å². The number of nitrogens with one attached hydrogen (secondary N) is 2. The van der Waals surface area contributed by atoms with Crippen LogP contribution in [0.5, 0.6) is 5.75 Å². The Bertz CT molecular complexity index is 619. The largest absolute Gasteiger partial charge is 0.490 e. The van der Waals surface area contributed by atoms with E-state index in [2.05, 4.69) is 10.6 Å². The van der Waals surface area contributed by atoms with Crippen molar-refractivity contribution in [1.29, 1.82) is 0 Å². The summed E-state index contributed by atoms with van der Waals surface area (Å²) in [4.78, 5) is 12.1. The molecule has 1 unspecified atom stereocenters. The summed E-state index contributed by atoms with van der Waals surface area (Å²) >= 11 is 5.93. The van der Waals surface area contributed by atoms with Crippen molar-refractivity contribution in [3.8, 4) is 5.75 Å². The molecule has 0 bridgehead atoms. The van der Waals surface area contributed by atoms with Gasteiger partial charge in [0.2, 0.25) is 5.91 Å². The number of carbonyl (C=O) groups excluding carboxylic acids is 1. The second kappa shape index (κ2) is 8.36. The normalized spacial score (nSPS) is 12.7. The molecule has 1 atom stereocenters. The first kappa shape index (κ1) is 18.7. The number of anilines is 1. The monoisotopic (exact) mass is 348 g/mol. The third-order valence-corrected chi connectivity index (χ3v) is 4.01. The first-order valence-electron chi connectivity index (χ1n) is 6.78. The number of carbonyl (C=O) groups is 1. The lowest BCUT2D eigenvalue weighted by Gasteiger charge is -2.15. The molecule has 0 fully saturated rings. The molecule has 6 nitrogen and oxygen atoms in total. The van der Waals surface area contributed by atoms with Gasteiger partial charge >= 0.3 is 0 Å². The summed E-state index contributed by atoms with van der Waals surface area (Å²) in [5, 5.41) is 6.12. The van der Waals surface area contributed by atoms with Crippen LogP contribution in [0.3, 0.4) is 0 Å². The van der Waals surface area contributed by atoms with E-state index in [1.807, 2.05) is 0 Å². The van der Waals surface area contributed by atoms with Gasteiger partial charge in [-0.15, -0.1) is 0 Å². The number of ether oxygens (including phenoxy) is 1. The molecule has 0 aromatic heterocycles. The smallest absolute Gasteiger partial charge is 0.228 e. The Kier molecular flexibility index (Phi) is 7.12. The number of hydrogen-bond donors (Lipinski definition) is 2. The third-order valence-electron chi connectivity index (χ3n) is 2.87. The van der Waals surface area contributed by atoms with Crippen molar-refractivity contribution in [3.05, 3.63) is 23.2 Å². The number of sulfone groups is 1. The van der Waals surface area contributed by atoms with Gasteiger partial charge in [-0.25, -0.2) is 8.42 Å². The molecule has 0 aliphatic rings. The summed E-state index contributed by atoms with van der Waals surface area (Å²) in [5.74, 6) is -0.116. The van der Waals surface area contributed by atoms with Crippen molar-refractivity contribution in [2.24, 2.45) is 5.92 Å². The molecule has 0 saturated heterocycles. The van der Waals surface area contributed by atoms with Gasteiger partial charge in [0.05, 0.1) is 11.4 Å². The van der Waals surface area contributed by atoms with E-state index in [4.69, 9.17) is 16.3 Å². The highest BCUT2D eigenvalue weighted by Crippen LogP contribution is 2.28. The first-order valence-corrected chi connectivity index (χ1v) is 9.22. The summed E-state index contributed by atoms with van der Waals surface area (Å²) < 4.78 is 27.7. The van der Waals surface area contributed by atoms with Gasteiger partial charge in [0.15, 0.2) is 9.84 Å². The van der Waals surface area contributed by atoms with Crippen LogP contribution in [-0.4, -0.2) is 46.5 Å². The van der Waals surface area contributed by atoms with Crippen molar-refractivity contribution < 1.29 is 17.9 Å². The average Bonchev–Trinajstić information content (AvgIpc) is 2.40. The zero-order valence-electron chi connectivity index (χ0n) is 12.8. The van der Waals surface area contributed by atoms with Crippen LogP contribution in [0.25, 0.3) is 0 Å². The van der Waals surface area contributed by atoms with Crippen molar-refractivity contribution >= 4 is 33.0 Å². The lowest BCUT2D eigenvalue weighted by atomic mass is 10.1. The molecule has 1 aromatic carbocycles. The maximum absolute atomic E-state index is 12.1. The first-order chi connectivity index (χ1) is 10.2. The molecule has 8 heteroatoms. The van der Waals surface area contributed by atoms with E-state index in [0.29, 0.717) is 23.0 Å². The molecule has 1 rings (SSSR count). The molecule has 0 radical (unpaired) electrons. The second-order valence-electron chi connectivity index (χ2n) is 5.07. The zero-order chi connectivity index (χ0) is 16.8. The van der Waals surface area contributed by atoms with Gasteiger partial charge in [0, 0.05) is 23.7 Å². The van der Waals surface area contributed by atoms with Crippen LogP contribution >= 0.6 is 11.6 Å². The molecule has 0 aliphatic heterocycles. The standard InChI is InChI=1S/C14H21ClN2O4S/c1-10(9-16-2)14(18)17-12-8-11(15)4-5-13(12)21-6-7-22(3,19)20/h4-5,8,10,16H,6-7,9H2,1-3H3,(H,17,18). The minimum absolute atomic E-state index is 0.00933. The van der Waals surface area contributed by atoms with Gasteiger partial charge in [-0.1, -0.05) is 18.5 Å². The highest BCUT2D eigenvalue weighted by Gasteiger charge is 2.15. The molecule has 2 N–H and O–H groups in total. The van der Waals surface area contributed by atoms with Crippen LogP contribution < -0.4 is 15.4 Å². The number of halogens is 1. The van der Waals surface area contributed by atoms with Crippen molar-refractivity contribution in [2.75, 3.05) is 37.5 Å². The molecule has 1 aromatic rings. The van der Waals surface area contributed by atoms with E-state index in [9.17, 15) is 13.2 Å². The zero-order valence-corrected chi connectivity index (χ0v) is 14.4. The fourth-order valence-corrected chi connectivity index (χ4v) is 2.24. The summed E-state index contributed by atoms with van der Waals surface area (Å²) in [6.45, 7) is 2.34. The van der Waals surface area contributed by atoms with Crippen LogP contribution in [0.2, 0.25) is 5.02 Å². The maximum atomic E-state index is 12.1. The fourth-order valence-electron chi connectivity index (χ4n) is 1.68. The Morgan fingerprint density at radius 1 is 1.41 bits per heavy atom. The van der Waals surface area contributed by atoms with E-state index >= 15 is 0 Å². The van der Waals surface area contributed by atoms with Crippen molar-refractivity contribution in [2.45, 2.75) is 6.92 Å². The second-order valence-corrected chi connectivity index (χ2v) is 7.76. The number of benzene rings is 1. The Morgan fingerprint density at radius 2 is 2.09 bits per heavy atom. The van der Waals surface area contributed by atoms with Gasteiger partial charge in [-0.2, -0.15) is 0 Å². The van der Waals surface area contributed by atoms with E-state index in [1.165, 1.54) is 0 Å². The maximum Gasteiger partial charge on any atom is 0.228 e. The molecule has 1 amide bonds. The van der Waals surface area contributed by atoms with E-state index < -0.39 is 9.84 Å². The third kappa shape index (κ3) is 6.64. The summed E-state index contributed by atoms with van der Waals surface area (Å²) in [7, 11) is -1.34. The fraction of sp³-hybridized carbons (Fsp3) is 0.500. The lowest BCUT2D eigenvalue weighted by molar-refractivity contribution is -0.119. The number of amides is 1. The quantitative estimate of drug-likeness (QED) is 0.744. The Morgan fingerprint density at radius 3 is 2.68 bits per heavy atom. The van der Waals surface area contributed by atoms with Crippen molar-refractivity contribution in [3.63, 3.8) is 0 Å². The molecular weight excluding hydrogens is 328 g/mol. The topological polar surface area (TPSA) is 84.5 Å². The Hall–Kier alpha value is -1.31. The summed E-state index contributed by atoms with van der Waals surface area (Å²) in [6, 6.07) is 4.79. The molecule has 0 heterocycles. The van der Waals surface area contributed by atoms with Gasteiger partial charge < -0.3 is 15.4 Å². The number of hydrogen-bond acceptors (Lipinski definition) is 5. The Labute approximate surface area is 136 Å². The molecule has 22 heavy (non-hydrogen) atoms. The average molecular weight is 349 g/mol. The summed E-state index contributed by atoms with van der Waals surface area (Å²) in [5.41, 5.74) is 0.425. The van der Waals surface area contributed by atoms with E-state index in [-0.39, 0.29) is 24.2 Å². The molecule has 0 aliphatic carbocycles. The summed E-state index contributed by atoms with van der Waals surface area (Å²) in [6.07, 6.45) is 1.14. The highest BCUT2D eigenvalue weighted by atomic mass is 35.5. The SMILES string of the molecule is CNCC(C)C(=O)Nc1cc(Cl)ccc1OCCS(C)(=O)=O. The minimum Gasteiger partial charge on any atom is -0.490 e. The van der Waals surface area contributed by atoms with Crippen molar-refractivity contribution in [1.82, 2.24) is 5.32 Å². The van der Waals surface area contributed by atoms with Crippen LogP contribution in [0.15, 0.2) is 18.2 Å². The van der Waals surface area contributed by atoms with Crippen LogP contribution in [0.1, 0.15) is 6.92 Å². The minimum atomic E-state index is -3.11. The molecule has 0 saturated carbocycles. The van der Waals surface area contributed by atoms with Crippen LogP contribution in [0.4, 0.5) is 5.69 Å². The lowest BCUT2D eigenvalue weighted by Crippen LogP contribution is -2.28. The predicted octanol–water partition coefficient (Wildman–Crippen LogP) is 1.56. The number of rotatable bonds is 8. The van der Waals surface area contributed by atoms with Gasteiger partial charge in [-0.05, 0) is 25.2 Å². The van der Waals surface area contributed by atoms with Gasteiger partial charge in [0.1, 0.15) is 12.4 Å². The predicted molar refractivity (Wildman–Crippen MR) is 88.4 cm³/mol. The molecule has 0 spiro atoms. The van der Waals surface area contributed by atoms with Crippen LogP contribution in [0, 0.1) is 5.92 Å². The molecule has 124 valence electrons. The highest BCUT2D eigenvalue weighted by molar-refractivity contribution is 7.90. The van der Waals surface area contributed by atoms with E-state index in [0.717, 1.165) is 6.26 Å².